The zero-order valence-corrected chi connectivity index (χ0v) is 14.4. The largest absolute Gasteiger partial charge is 0.465 e. The normalized spacial score (nSPS) is 11.1. The predicted molar refractivity (Wildman–Crippen MR) is 88.5 cm³/mol. The molecule has 0 unspecified atom stereocenters. The molecule has 0 aromatic carbocycles. The van der Waals surface area contributed by atoms with Crippen LogP contribution in [0.5, 0.6) is 0 Å². The number of carbonyl (C=O) groups excluding carboxylic acids is 2. The van der Waals surface area contributed by atoms with Crippen LogP contribution in [-0.2, 0) is 19.1 Å². The van der Waals surface area contributed by atoms with Crippen molar-refractivity contribution in [2.24, 2.45) is 5.92 Å². The van der Waals surface area contributed by atoms with E-state index in [0.717, 1.165) is 38.5 Å². The minimum atomic E-state index is -0.119. The van der Waals surface area contributed by atoms with Crippen molar-refractivity contribution in [3.8, 4) is 0 Å². The molecule has 4 nitrogen and oxygen atoms in total. The van der Waals surface area contributed by atoms with Crippen molar-refractivity contribution in [1.82, 2.24) is 0 Å². The molecule has 0 atom stereocenters. The Kier molecular flexibility index (Phi) is 13.7. The van der Waals surface area contributed by atoms with Gasteiger partial charge in [0.15, 0.2) is 0 Å². The van der Waals surface area contributed by atoms with Crippen molar-refractivity contribution >= 4 is 11.9 Å². The summed E-state index contributed by atoms with van der Waals surface area (Å²) in [5, 5.41) is 0. The number of hydrogen-bond acceptors (Lipinski definition) is 4. The second-order valence-electron chi connectivity index (χ2n) is 5.95. The van der Waals surface area contributed by atoms with E-state index in [2.05, 4.69) is 0 Å². The fourth-order valence-corrected chi connectivity index (χ4v) is 1.89. The first-order valence-corrected chi connectivity index (χ1v) is 8.48. The lowest BCUT2D eigenvalue weighted by molar-refractivity contribution is -0.145. The lowest BCUT2D eigenvalue weighted by Gasteiger charge is -2.06. The van der Waals surface area contributed by atoms with E-state index in [-0.39, 0.29) is 11.9 Å². The van der Waals surface area contributed by atoms with Crippen LogP contribution in [0.1, 0.15) is 72.1 Å². The van der Waals surface area contributed by atoms with Gasteiger partial charge in [0.25, 0.3) is 0 Å². The summed E-state index contributed by atoms with van der Waals surface area (Å²) in [6.45, 7) is 6.86. The topological polar surface area (TPSA) is 52.6 Å². The van der Waals surface area contributed by atoms with Crippen LogP contribution in [0, 0.1) is 5.92 Å². The van der Waals surface area contributed by atoms with Crippen molar-refractivity contribution in [3.63, 3.8) is 0 Å². The van der Waals surface area contributed by atoms with E-state index < -0.39 is 0 Å². The number of carbonyl (C=O) groups is 2. The number of hydrogen-bond donors (Lipinski definition) is 0. The lowest BCUT2D eigenvalue weighted by Crippen LogP contribution is -2.09. The molecule has 0 spiro atoms. The Morgan fingerprint density at radius 3 is 1.86 bits per heavy atom. The molecule has 0 N–H and O–H groups in total. The van der Waals surface area contributed by atoms with Crippen LogP contribution < -0.4 is 0 Å². The molecule has 0 radical (unpaired) electrons. The van der Waals surface area contributed by atoms with Crippen LogP contribution in [0.25, 0.3) is 0 Å². The third kappa shape index (κ3) is 15.1. The molecule has 0 saturated carbocycles. The quantitative estimate of drug-likeness (QED) is 0.287. The Morgan fingerprint density at radius 2 is 1.36 bits per heavy atom. The van der Waals surface area contributed by atoms with Gasteiger partial charge in [-0.25, -0.2) is 0 Å². The molecular weight excluding hydrogens is 280 g/mol. The smallest absolute Gasteiger partial charge is 0.306 e. The summed E-state index contributed by atoms with van der Waals surface area (Å²) in [7, 11) is 0. The number of unbranched alkanes of at least 4 members (excludes halogenated alkanes) is 5. The summed E-state index contributed by atoms with van der Waals surface area (Å²) in [6, 6.07) is 0. The minimum absolute atomic E-state index is 0.0856. The number of ether oxygens (including phenoxy) is 2. The van der Waals surface area contributed by atoms with Gasteiger partial charge in [-0.2, -0.15) is 0 Å². The summed E-state index contributed by atoms with van der Waals surface area (Å²) in [6.07, 6.45) is 10.8. The molecule has 0 saturated heterocycles. The number of rotatable bonds is 13. The van der Waals surface area contributed by atoms with Gasteiger partial charge in [-0.05, 0) is 25.7 Å². The predicted octanol–water partition coefficient (Wildman–Crippen LogP) is 4.43. The summed E-state index contributed by atoms with van der Waals surface area (Å²) in [5.74, 6) is 0.192. The van der Waals surface area contributed by atoms with Gasteiger partial charge in [0.05, 0.1) is 6.61 Å². The molecule has 0 rings (SSSR count). The highest BCUT2D eigenvalue weighted by atomic mass is 16.5. The summed E-state index contributed by atoms with van der Waals surface area (Å²) >= 11 is 0. The van der Waals surface area contributed by atoms with Crippen molar-refractivity contribution in [2.75, 3.05) is 13.2 Å². The molecule has 4 heteroatoms. The highest BCUT2D eigenvalue weighted by Crippen LogP contribution is 2.10. The van der Waals surface area contributed by atoms with Crippen LogP contribution in [0.4, 0.5) is 0 Å². The molecule has 22 heavy (non-hydrogen) atoms. The van der Waals surface area contributed by atoms with E-state index in [0.29, 0.717) is 32.0 Å². The fraction of sp³-hybridized carbons (Fsp3) is 0.778. The number of esters is 2. The molecule has 0 bridgehead atoms. The van der Waals surface area contributed by atoms with Gasteiger partial charge in [-0.3, -0.25) is 9.59 Å². The second-order valence-corrected chi connectivity index (χ2v) is 5.95. The Morgan fingerprint density at radius 1 is 0.864 bits per heavy atom. The van der Waals surface area contributed by atoms with Crippen molar-refractivity contribution < 1.29 is 19.1 Å². The van der Waals surface area contributed by atoms with Gasteiger partial charge >= 0.3 is 11.9 Å². The fourth-order valence-electron chi connectivity index (χ4n) is 1.89. The molecule has 0 aliphatic heterocycles. The standard InChI is InChI=1S/C18H32O4/c1-4-5-14-21-17(19)12-10-8-6-7-9-11-13-18(20)22-15-16(2)3/h4-5,16H,6-15H2,1-3H3/b5-4+. The van der Waals surface area contributed by atoms with Crippen LogP contribution in [-0.4, -0.2) is 25.2 Å². The van der Waals surface area contributed by atoms with E-state index in [4.69, 9.17) is 9.47 Å². The van der Waals surface area contributed by atoms with Gasteiger partial charge in [0.1, 0.15) is 6.61 Å². The van der Waals surface area contributed by atoms with Crippen molar-refractivity contribution in [2.45, 2.75) is 72.1 Å². The van der Waals surface area contributed by atoms with Crippen LogP contribution >= 0.6 is 0 Å². The molecular formula is C18H32O4. The second kappa shape index (κ2) is 14.6. The van der Waals surface area contributed by atoms with Gasteiger partial charge in [0, 0.05) is 12.8 Å². The molecule has 0 aliphatic carbocycles. The summed E-state index contributed by atoms with van der Waals surface area (Å²) in [5.41, 5.74) is 0. The van der Waals surface area contributed by atoms with Crippen LogP contribution in [0.15, 0.2) is 12.2 Å². The monoisotopic (exact) mass is 312 g/mol. The molecule has 0 heterocycles. The SMILES string of the molecule is C/C=C/COC(=O)CCCCCCCCC(=O)OCC(C)C. The van der Waals surface area contributed by atoms with E-state index in [9.17, 15) is 9.59 Å². The maximum absolute atomic E-state index is 11.4. The first kappa shape index (κ1) is 20.7. The van der Waals surface area contributed by atoms with E-state index >= 15 is 0 Å². The average molecular weight is 312 g/mol. The maximum Gasteiger partial charge on any atom is 0.306 e. The van der Waals surface area contributed by atoms with Gasteiger partial charge in [0.2, 0.25) is 0 Å². The highest BCUT2D eigenvalue weighted by Gasteiger charge is 2.04. The van der Waals surface area contributed by atoms with Crippen LogP contribution in [0.2, 0.25) is 0 Å². The molecule has 0 aromatic rings. The van der Waals surface area contributed by atoms with Gasteiger partial charge < -0.3 is 9.47 Å². The minimum Gasteiger partial charge on any atom is -0.465 e. The molecule has 128 valence electrons. The molecule has 0 fully saturated rings. The first-order valence-electron chi connectivity index (χ1n) is 8.48. The third-order valence-electron chi connectivity index (χ3n) is 3.17. The van der Waals surface area contributed by atoms with Crippen molar-refractivity contribution in [3.05, 3.63) is 12.2 Å². The average Bonchev–Trinajstić information content (AvgIpc) is 2.48. The molecule has 0 amide bonds. The van der Waals surface area contributed by atoms with Gasteiger partial charge in [-0.1, -0.05) is 51.7 Å². The highest BCUT2D eigenvalue weighted by molar-refractivity contribution is 5.69. The molecule has 0 aliphatic rings. The lowest BCUT2D eigenvalue weighted by atomic mass is 10.1. The van der Waals surface area contributed by atoms with Crippen molar-refractivity contribution in [1.29, 1.82) is 0 Å². The maximum atomic E-state index is 11.4. The number of allylic oxidation sites excluding steroid dienone is 1. The Hall–Kier alpha value is -1.32. The van der Waals surface area contributed by atoms with E-state index in [1.165, 1.54) is 0 Å². The third-order valence-corrected chi connectivity index (χ3v) is 3.17. The zero-order chi connectivity index (χ0) is 16.6. The summed E-state index contributed by atoms with van der Waals surface area (Å²) < 4.78 is 10.1. The van der Waals surface area contributed by atoms with E-state index in [1.807, 2.05) is 32.9 Å². The van der Waals surface area contributed by atoms with Gasteiger partial charge in [-0.15, -0.1) is 0 Å². The first-order chi connectivity index (χ1) is 10.6. The van der Waals surface area contributed by atoms with E-state index in [1.54, 1.807) is 0 Å². The Bertz CT molecular complexity index is 321. The molecule has 0 aromatic heterocycles. The zero-order valence-electron chi connectivity index (χ0n) is 14.4. The Labute approximate surface area is 135 Å². The summed E-state index contributed by atoms with van der Waals surface area (Å²) in [4.78, 5) is 22.7. The Balaban J connectivity index is 3.29. The van der Waals surface area contributed by atoms with Crippen LogP contribution in [0.3, 0.4) is 0 Å².